The van der Waals surface area contributed by atoms with Crippen molar-refractivity contribution in [3.8, 4) is 0 Å². The zero-order chi connectivity index (χ0) is 14.6. The minimum Gasteiger partial charge on any atom is -0.465 e. The third-order valence-electron chi connectivity index (χ3n) is 2.51. The van der Waals surface area contributed by atoms with Crippen LogP contribution in [0, 0.1) is 0 Å². The van der Waals surface area contributed by atoms with Crippen LogP contribution in [-0.2, 0) is 9.47 Å². The SMILES string of the molecule is CCOC(=O)N(C)c1cc(C(=O)OC)c(N)cc1N. The number of amides is 1. The fourth-order valence-electron chi connectivity index (χ4n) is 1.52. The first-order chi connectivity index (χ1) is 8.92. The van der Waals surface area contributed by atoms with Gasteiger partial charge in [-0.05, 0) is 19.1 Å². The number of anilines is 3. The number of nitrogens with two attached hydrogens (primary N) is 2. The van der Waals surface area contributed by atoms with Crippen molar-refractivity contribution < 1.29 is 19.1 Å². The lowest BCUT2D eigenvalue weighted by Crippen LogP contribution is -2.28. The Labute approximate surface area is 111 Å². The van der Waals surface area contributed by atoms with Gasteiger partial charge in [-0.3, -0.25) is 4.90 Å². The fourth-order valence-corrected chi connectivity index (χ4v) is 1.52. The first kappa shape index (κ1) is 14.6. The Kier molecular flexibility index (Phi) is 4.57. The Balaban J connectivity index is 3.21. The molecule has 0 aliphatic carbocycles. The second-order valence-corrected chi connectivity index (χ2v) is 3.75. The number of rotatable bonds is 3. The van der Waals surface area contributed by atoms with Gasteiger partial charge in [0, 0.05) is 12.7 Å². The maximum atomic E-state index is 11.6. The Morgan fingerprint density at radius 3 is 2.42 bits per heavy atom. The molecule has 0 bridgehead atoms. The molecule has 1 rings (SSSR count). The summed E-state index contributed by atoms with van der Waals surface area (Å²) in [6, 6.07) is 2.80. The standard InChI is InChI=1S/C12H17N3O4/c1-4-19-12(17)15(2)10-5-7(11(16)18-3)8(13)6-9(10)14/h5-6H,4,13-14H2,1-3H3. The van der Waals surface area contributed by atoms with E-state index >= 15 is 0 Å². The van der Waals surface area contributed by atoms with Gasteiger partial charge in [0.1, 0.15) is 0 Å². The lowest BCUT2D eigenvalue weighted by molar-refractivity contribution is 0.0602. The molecule has 0 aliphatic rings. The average Bonchev–Trinajstić information content (AvgIpc) is 2.37. The van der Waals surface area contributed by atoms with Crippen LogP contribution in [0.4, 0.5) is 21.9 Å². The van der Waals surface area contributed by atoms with E-state index in [-0.39, 0.29) is 23.5 Å². The van der Waals surface area contributed by atoms with Gasteiger partial charge >= 0.3 is 12.1 Å². The molecular weight excluding hydrogens is 250 g/mol. The van der Waals surface area contributed by atoms with Gasteiger partial charge in [0.15, 0.2) is 0 Å². The Morgan fingerprint density at radius 2 is 1.89 bits per heavy atom. The van der Waals surface area contributed by atoms with Gasteiger partial charge in [0.25, 0.3) is 0 Å². The number of nitrogen functional groups attached to an aromatic ring is 2. The Bertz CT molecular complexity index is 502. The minimum atomic E-state index is -0.601. The number of methoxy groups -OCH3 is 1. The van der Waals surface area contributed by atoms with E-state index in [4.69, 9.17) is 16.2 Å². The molecule has 1 amide bonds. The van der Waals surface area contributed by atoms with E-state index in [1.165, 1.54) is 31.2 Å². The fraction of sp³-hybridized carbons (Fsp3) is 0.333. The molecule has 104 valence electrons. The normalized spacial score (nSPS) is 9.84. The van der Waals surface area contributed by atoms with Gasteiger partial charge < -0.3 is 20.9 Å². The van der Waals surface area contributed by atoms with Crippen LogP contribution in [0.1, 0.15) is 17.3 Å². The van der Waals surface area contributed by atoms with Crippen molar-refractivity contribution in [2.75, 3.05) is 37.1 Å². The van der Waals surface area contributed by atoms with Crippen LogP contribution in [0.25, 0.3) is 0 Å². The van der Waals surface area contributed by atoms with Gasteiger partial charge in [-0.2, -0.15) is 0 Å². The number of nitrogens with zero attached hydrogens (tertiary/aromatic N) is 1. The molecular formula is C12H17N3O4. The summed E-state index contributed by atoms with van der Waals surface area (Å²) in [6.07, 6.45) is -0.574. The van der Waals surface area contributed by atoms with Crippen molar-refractivity contribution in [1.29, 1.82) is 0 Å². The molecule has 0 unspecified atom stereocenters. The molecule has 0 saturated heterocycles. The van der Waals surface area contributed by atoms with Crippen molar-refractivity contribution >= 4 is 29.1 Å². The van der Waals surface area contributed by atoms with E-state index in [1.807, 2.05) is 0 Å². The van der Waals surface area contributed by atoms with Crippen LogP contribution in [0.2, 0.25) is 0 Å². The number of benzene rings is 1. The number of hydrogen-bond acceptors (Lipinski definition) is 6. The zero-order valence-electron chi connectivity index (χ0n) is 11.1. The summed E-state index contributed by atoms with van der Waals surface area (Å²) in [4.78, 5) is 24.4. The second kappa shape index (κ2) is 5.94. The van der Waals surface area contributed by atoms with E-state index in [9.17, 15) is 9.59 Å². The summed E-state index contributed by atoms with van der Waals surface area (Å²) in [5.41, 5.74) is 12.4. The Hall–Kier alpha value is -2.44. The molecule has 7 nitrogen and oxygen atoms in total. The van der Waals surface area contributed by atoms with Crippen molar-refractivity contribution in [2.24, 2.45) is 0 Å². The summed E-state index contributed by atoms with van der Waals surface area (Å²) in [7, 11) is 2.73. The average molecular weight is 267 g/mol. The molecule has 0 saturated carbocycles. The first-order valence-corrected chi connectivity index (χ1v) is 5.60. The molecule has 7 heteroatoms. The summed E-state index contributed by atoms with van der Waals surface area (Å²) < 4.78 is 9.46. The van der Waals surface area contributed by atoms with Crippen molar-refractivity contribution in [1.82, 2.24) is 0 Å². The molecule has 0 aromatic heterocycles. The molecule has 0 atom stereocenters. The van der Waals surface area contributed by atoms with E-state index in [2.05, 4.69) is 4.74 Å². The maximum Gasteiger partial charge on any atom is 0.414 e. The van der Waals surface area contributed by atoms with E-state index in [0.29, 0.717) is 5.69 Å². The molecule has 0 aliphatic heterocycles. The summed E-state index contributed by atoms with van der Waals surface area (Å²) >= 11 is 0. The summed E-state index contributed by atoms with van der Waals surface area (Å²) in [5.74, 6) is -0.601. The molecule has 0 heterocycles. The van der Waals surface area contributed by atoms with Crippen molar-refractivity contribution in [2.45, 2.75) is 6.92 Å². The highest BCUT2D eigenvalue weighted by molar-refractivity contribution is 6.00. The topological polar surface area (TPSA) is 108 Å². The molecule has 1 aromatic rings. The van der Waals surface area contributed by atoms with Gasteiger partial charge in [-0.25, -0.2) is 9.59 Å². The van der Waals surface area contributed by atoms with Gasteiger partial charge in [0.05, 0.1) is 30.7 Å². The van der Waals surface area contributed by atoms with Crippen LogP contribution in [0.5, 0.6) is 0 Å². The quantitative estimate of drug-likeness (QED) is 0.630. The van der Waals surface area contributed by atoms with Crippen LogP contribution in [-0.4, -0.2) is 32.8 Å². The third-order valence-corrected chi connectivity index (χ3v) is 2.51. The van der Waals surface area contributed by atoms with Crippen LogP contribution in [0.15, 0.2) is 12.1 Å². The zero-order valence-corrected chi connectivity index (χ0v) is 11.1. The van der Waals surface area contributed by atoms with Gasteiger partial charge in [-0.1, -0.05) is 0 Å². The second-order valence-electron chi connectivity index (χ2n) is 3.75. The monoisotopic (exact) mass is 267 g/mol. The van der Waals surface area contributed by atoms with Crippen LogP contribution in [0.3, 0.4) is 0 Å². The summed E-state index contributed by atoms with van der Waals surface area (Å²) in [5, 5.41) is 0. The van der Waals surface area contributed by atoms with Gasteiger partial charge in [-0.15, -0.1) is 0 Å². The number of hydrogen-bond donors (Lipinski definition) is 2. The highest BCUT2D eigenvalue weighted by Gasteiger charge is 2.19. The molecule has 19 heavy (non-hydrogen) atoms. The Morgan fingerprint density at radius 1 is 1.26 bits per heavy atom. The van der Waals surface area contributed by atoms with Gasteiger partial charge in [0.2, 0.25) is 0 Å². The molecule has 0 radical (unpaired) electrons. The number of carbonyl (C=O) groups excluding carboxylic acids is 2. The number of esters is 1. The van der Waals surface area contributed by atoms with Crippen molar-refractivity contribution in [3.63, 3.8) is 0 Å². The lowest BCUT2D eigenvalue weighted by Gasteiger charge is -2.19. The van der Waals surface area contributed by atoms with Crippen LogP contribution < -0.4 is 16.4 Å². The van der Waals surface area contributed by atoms with Crippen molar-refractivity contribution in [3.05, 3.63) is 17.7 Å². The predicted octanol–water partition coefficient (Wildman–Crippen LogP) is 1.23. The molecule has 4 N–H and O–H groups in total. The number of ether oxygens (including phenoxy) is 2. The highest BCUT2D eigenvalue weighted by Crippen LogP contribution is 2.29. The minimum absolute atomic E-state index is 0.142. The lowest BCUT2D eigenvalue weighted by atomic mass is 10.1. The highest BCUT2D eigenvalue weighted by atomic mass is 16.6. The smallest absolute Gasteiger partial charge is 0.414 e. The molecule has 0 fully saturated rings. The third kappa shape index (κ3) is 3.06. The first-order valence-electron chi connectivity index (χ1n) is 5.60. The van der Waals surface area contributed by atoms with E-state index < -0.39 is 12.1 Å². The largest absolute Gasteiger partial charge is 0.465 e. The molecule has 1 aromatic carbocycles. The maximum absolute atomic E-state index is 11.6. The molecule has 0 spiro atoms. The van der Waals surface area contributed by atoms with E-state index in [1.54, 1.807) is 6.92 Å². The van der Waals surface area contributed by atoms with E-state index in [0.717, 1.165) is 0 Å². The number of carbonyl (C=O) groups is 2. The predicted molar refractivity (Wildman–Crippen MR) is 72.0 cm³/mol. The van der Waals surface area contributed by atoms with Crippen LogP contribution >= 0.6 is 0 Å². The summed E-state index contributed by atoms with van der Waals surface area (Å²) in [6.45, 7) is 1.93.